The van der Waals surface area contributed by atoms with E-state index in [1.807, 2.05) is 55.5 Å². The largest absolute Gasteiger partial charge is 0.494 e. The first-order valence-corrected chi connectivity index (χ1v) is 9.41. The number of anilines is 2. The van der Waals surface area contributed by atoms with Crippen LogP contribution in [0.1, 0.15) is 20.3 Å². The van der Waals surface area contributed by atoms with Crippen molar-refractivity contribution < 1.29 is 9.53 Å². The molecule has 0 N–H and O–H groups in total. The number of benzene rings is 2. The summed E-state index contributed by atoms with van der Waals surface area (Å²) in [6, 6.07) is 15.7. The third kappa shape index (κ3) is 3.12. The topological polar surface area (TPSA) is 42.4 Å². The second-order valence-corrected chi connectivity index (χ2v) is 7.39. The highest BCUT2D eigenvalue weighted by Gasteiger charge is 2.43. The average molecular weight is 352 g/mol. The van der Waals surface area contributed by atoms with Gasteiger partial charge in [0, 0.05) is 5.92 Å². The van der Waals surface area contributed by atoms with Crippen molar-refractivity contribution in [3.8, 4) is 5.75 Å². The van der Waals surface area contributed by atoms with Crippen molar-refractivity contribution in [2.24, 2.45) is 11.8 Å². The van der Waals surface area contributed by atoms with Gasteiger partial charge < -0.3 is 4.74 Å². The van der Waals surface area contributed by atoms with E-state index in [1.54, 1.807) is 16.2 Å². The lowest BCUT2D eigenvalue weighted by Crippen LogP contribution is -2.27. The predicted molar refractivity (Wildman–Crippen MR) is 102 cm³/mol. The number of hydrogen-bond donors (Lipinski definition) is 0. The van der Waals surface area contributed by atoms with Gasteiger partial charge in [-0.15, -0.1) is 0 Å². The summed E-state index contributed by atoms with van der Waals surface area (Å²) in [7, 11) is 0. The third-order valence-electron chi connectivity index (χ3n) is 4.53. The van der Waals surface area contributed by atoms with Gasteiger partial charge in [0.2, 0.25) is 5.91 Å². The van der Waals surface area contributed by atoms with Crippen LogP contribution < -0.4 is 9.64 Å². The Hall–Kier alpha value is -2.40. The van der Waals surface area contributed by atoms with Gasteiger partial charge in [0.15, 0.2) is 5.13 Å². The number of amides is 1. The van der Waals surface area contributed by atoms with Gasteiger partial charge in [-0.2, -0.15) is 0 Å². The van der Waals surface area contributed by atoms with Crippen molar-refractivity contribution in [2.45, 2.75) is 20.3 Å². The normalized spacial score (nSPS) is 19.0. The van der Waals surface area contributed by atoms with Gasteiger partial charge in [0.1, 0.15) is 5.75 Å². The summed E-state index contributed by atoms with van der Waals surface area (Å²) < 4.78 is 6.60. The van der Waals surface area contributed by atoms with Crippen molar-refractivity contribution in [3.05, 3.63) is 48.5 Å². The van der Waals surface area contributed by atoms with Gasteiger partial charge in [0.05, 0.1) is 22.5 Å². The number of carbonyl (C=O) groups excluding carboxylic acids is 1. The molecule has 5 heteroatoms. The maximum Gasteiger partial charge on any atom is 0.236 e. The molecule has 0 unspecified atom stereocenters. The van der Waals surface area contributed by atoms with Crippen LogP contribution in [0.3, 0.4) is 0 Å². The molecule has 0 bridgehead atoms. The molecule has 4 nitrogen and oxygen atoms in total. The van der Waals surface area contributed by atoms with Crippen molar-refractivity contribution in [1.29, 1.82) is 0 Å². The number of thiazole rings is 1. The van der Waals surface area contributed by atoms with Gasteiger partial charge >= 0.3 is 0 Å². The number of hydrogen-bond acceptors (Lipinski definition) is 4. The highest BCUT2D eigenvalue weighted by Crippen LogP contribution is 2.43. The summed E-state index contributed by atoms with van der Waals surface area (Å²) in [5, 5.41) is 0.731. The fraction of sp³-hybridized carbons (Fsp3) is 0.300. The van der Waals surface area contributed by atoms with E-state index < -0.39 is 0 Å². The van der Waals surface area contributed by atoms with Crippen LogP contribution in [0.4, 0.5) is 10.8 Å². The Kier molecular flexibility index (Phi) is 4.17. The van der Waals surface area contributed by atoms with Gasteiger partial charge in [-0.1, -0.05) is 30.4 Å². The first-order chi connectivity index (χ1) is 12.2. The Bertz CT molecular complexity index is 870. The lowest BCUT2D eigenvalue weighted by Gasteiger charge is -2.20. The van der Waals surface area contributed by atoms with E-state index in [9.17, 15) is 4.79 Å². The summed E-state index contributed by atoms with van der Waals surface area (Å²) in [5.74, 6) is 1.49. The first-order valence-electron chi connectivity index (χ1n) is 8.59. The number of fused-ring (bicyclic) bond motifs is 1. The average Bonchev–Trinajstić information content (AvgIpc) is 3.20. The van der Waals surface area contributed by atoms with Crippen LogP contribution >= 0.6 is 11.3 Å². The maximum absolute atomic E-state index is 13.1. The minimum Gasteiger partial charge on any atom is -0.494 e. The van der Waals surface area contributed by atoms with E-state index in [0.717, 1.165) is 33.2 Å². The molecule has 2 atom stereocenters. The molecule has 1 heterocycles. The van der Waals surface area contributed by atoms with Crippen LogP contribution in [0, 0.1) is 11.8 Å². The van der Waals surface area contributed by atoms with Crippen LogP contribution in [-0.4, -0.2) is 17.5 Å². The van der Waals surface area contributed by atoms with Crippen molar-refractivity contribution in [1.82, 2.24) is 4.98 Å². The Labute approximate surface area is 151 Å². The molecular formula is C20H20N2O2S. The van der Waals surface area contributed by atoms with Crippen LogP contribution in [0.2, 0.25) is 0 Å². The zero-order chi connectivity index (χ0) is 17.4. The highest BCUT2D eigenvalue weighted by molar-refractivity contribution is 7.22. The van der Waals surface area contributed by atoms with E-state index in [2.05, 4.69) is 6.92 Å². The molecule has 3 aromatic rings. The SMILES string of the molecule is CCOc1ccc(N(C(=O)[C@@H]2C[C@H]2C)c2nc3ccccc3s2)cc1. The van der Waals surface area contributed by atoms with Gasteiger partial charge in [0.25, 0.3) is 0 Å². The quantitative estimate of drug-likeness (QED) is 0.648. The van der Waals surface area contributed by atoms with Crippen LogP contribution in [0.15, 0.2) is 48.5 Å². The van der Waals surface area contributed by atoms with Gasteiger partial charge in [-0.05, 0) is 55.7 Å². The standard InChI is InChI=1S/C20H20N2O2S/c1-3-24-15-10-8-14(9-11-15)22(19(23)16-12-13(16)2)20-21-17-6-4-5-7-18(17)25-20/h4-11,13,16H,3,12H2,1-2H3/t13-,16-/m1/s1. The number of aromatic nitrogens is 1. The molecule has 0 radical (unpaired) electrons. The molecule has 1 fully saturated rings. The lowest BCUT2D eigenvalue weighted by atomic mass is 10.2. The Morgan fingerprint density at radius 3 is 2.60 bits per heavy atom. The molecule has 1 amide bonds. The molecule has 1 aromatic heterocycles. The second-order valence-electron chi connectivity index (χ2n) is 6.38. The summed E-state index contributed by atoms with van der Waals surface area (Å²) >= 11 is 1.55. The zero-order valence-corrected chi connectivity index (χ0v) is 15.1. The van der Waals surface area contributed by atoms with Gasteiger partial charge in [-0.25, -0.2) is 4.98 Å². The lowest BCUT2D eigenvalue weighted by molar-refractivity contribution is -0.119. The fourth-order valence-corrected chi connectivity index (χ4v) is 3.97. The molecule has 1 saturated carbocycles. The van der Waals surface area contributed by atoms with E-state index in [4.69, 9.17) is 9.72 Å². The maximum atomic E-state index is 13.1. The van der Waals surface area contributed by atoms with Crippen LogP contribution in [-0.2, 0) is 4.79 Å². The van der Waals surface area contributed by atoms with Gasteiger partial charge in [-0.3, -0.25) is 9.69 Å². The predicted octanol–water partition coefficient (Wildman–Crippen LogP) is 5.02. The number of ether oxygens (including phenoxy) is 1. The first kappa shape index (κ1) is 16.1. The molecule has 0 spiro atoms. The number of para-hydroxylation sites is 1. The molecule has 0 aliphatic heterocycles. The molecule has 1 aliphatic carbocycles. The molecule has 4 rings (SSSR count). The third-order valence-corrected chi connectivity index (χ3v) is 5.55. The Morgan fingerprint density at radius 2 is 1.96 bits per heavy atom. The summed E-state index contributed by atoms with van der Waals surface area (Å²) in [4.78, 5) is 19.5. The van der Waals surface area contributed by atoms with E-state index in [-0.39, 0.29) is 11.8 Å². The molecular weight excluding hydrogens is 332 g/mol. The van der Waals surface area contributed by atoms with Crippen molar-refractivity contribution in [3.63, 3.8) is 0 Å². The number of carbonyl (C=O) groups is 1. The number of nitrogens with zero attached hydrogens (tertiary/aromatic N) is 2. The molecule has 1 aliphatic rings. The highest BCUT2D eigenvalue weighted by atomic mass is 32.1. The molecule has 2 aromatic carbocycles. The minimum atomic E-state index is 0.0959. The smallest absolute Gasteiger partial charge is 0.236 e. The molecule has 0 saturated heterocycles. The summed E-state index contributed by atoms with van der Waals surface area (Å²) in [5.41, 5.74) is 1.77. The molecule has 25 heavy (non-hydrogen) atoms. The monoisotopic (exact) mass is 352 g/mol. The van der Waals surface area contributed by atoms with E-state index in [0.29, 0.717) is 12.5 Å². The summed E-state index contributed by atoms with van der Waals surface area (Å²) in [6.45, 7) is 4.70. The molecule has 128 valence electrons. The second kappa shape index (κ2) is 6.48. The Balaban J connectivity index is 1.74. The fourth-order valence-electron chi connectivity index (χ4n) is 2.98. The summed E-state index contributed by atoms with van der Waals surface area (Å²) in [6.07, 6.45) is 0.956. The van der Waals surface area contributed by atoms with Crippen LogP contribution in [0.5, 0.6) is 5.75 Å². The minimum absolute atomic E-state index is 0.0959. The van der Waals surface area contributed by atoms with Crippen molar-refractivity contribution in [2.75, 3.05) is 11.5 Å². The van der Waals surface area contributed by atoms with Crippen LogP contribution in [0.25, 0.3) is 10.2 Å². The van der Waals surface area contributed by atoms with E-state index in [1.165, 1.54) is 0 Å². The Morgan fingerprint density at radius 1 is 1.24 bits per heavy atom. The van der Waals surface area contributed by atoms with E-state index >= 15 is 0 Å². The van der Waals surface area contributed by atoms with Crippen molar-refractivity contribution >= 4 is 38.3 Å². The number of rotatable bonds is 5. The zero-order valence-electron chi connectivity index (χ0n) is 14.3.